The molecule has 0 saturated heterocycles. The van der Waals surface area contributed by atoms with E-state index in [1.165, 1.54) is 22.3 Å². The molecule has 21 heavy (non-hydrogen) atoms. The highest BCUT2D eigenvalue weighted by atomic mass is 16.3. The molecule has 0 aromatic heterocycles. The molecule has 1 atom stereocenters. The number of hydrogen-bond acceptors (Lipinski definition) is 2. The molecule has 0 saturated carbocycles. The number of aryl methyl sites for hydroxylation is 4. The first-order valence-corrected chi connectivity index (χ1v) is 7.48. The lowest BCUT2D eigenvalue weighted by atomic mass is 9.99. The first-order valence-electron chi connectivity index (χ1n) is 7.48. The molecule has 2 nitrogen and oxygen atoms in total. The molecule has 1 unspecified atom stereocenters. The summed E-state index contributed by atoms with van der Waals surface area (Å²) in [5.74, 6) is 0.404. The highest BCUT2D eigenvalue weighted by Gasteiger charge is 2.09. The van der Waals surface area contributed by atoms with E-state index >= 15 is 0 Å². The van der Waals surface area contributed by atoms with Crippen LogP contribution >= 0.6 is 0 Å². The van der Waals surface area contributed by atoms with Crippen molar-refractivity contribution in [2.45, 2.75) is 47.2 Å². The van der Waals surface area contributed by atoms with Crippen LogP contribution in [0.4, 0.5) is 0 Å². The standard InChI is InChI=1S/C19H25NO/c1-12-6-7-13(2)18(8-12)16(5)20-11-17-9-14(3)19(21)15(4)10-17/h6-10,16,20-21H,11H2,1-5H3. The van der Waals surface area contributed by atoms with Gasteiger partial charge in [-0.2, -0.15) is 0 Å². The summed E-state index contributed by atoms with van der Waals surface area (Å²) in [5, 5.41) is 13.4. The van der Waals surface area contributed by atoms with Crippen LogP contribution in [0.3, 0.4) is 0 Å². The van der Waals surface area contributed by atoms with Crippen molar-refractivity contribution < 1.29 is 5.11 Å². The van der Waals surface area contributed by atoms with Gasteiger partial charge >= 0.3 is 0 Å². The van der Waals surface area contributed by atoms with Crippen LogP contribution < -0.4 is 5.32 Å². The largest absolute Gasteiger partial charge is 0.507 e. The third-order valence-corrected chi connectivity index (χ3v) is 4.06. The minimum atomic E-state index is 0.305. The maximum absolute atomic E-state index is 9.83. The summed E-state index contributed by atoms with van der Waals surface area (Å²) in [6.07, 6.45) is 0. The van der Waals surface area contributed by atoms with Gasteiger partial charge in [-0.15, -0.1) is 0 Å². The predicted molar refractivity (Wildman–Crippen MR) is 88.8 cm³/mol. The molecule has 0 spiro atoms. The van der Waals surface area contributed by atoms with Crippen molar-refractivity contribution in [2.24, 2.45) is 0 Å². The Balaban J connectivity index is 2.11. The average Bonchev–Trinajstić information content (AvgIpc) is 2.44. The van der Waals surface area contributed by atoms with Gasteiger partial charge < -0.3 is 10.4 Å². The third-order valence-electron chi connectivity index (χ3n) is 4.06. The number of phenols is 1. The lowest BCUT2D eigenvalue weighted by Gasteiger charge is -2.18. The lowest BCUT2D eigenvalue weighted by molar-refractivity contribution is 0.466. The monoisotopic (exact) mass is 283 g/mol. The van der Waals surface area contributed by atoms with Gasteiger partial charge in [0.15, 0.2) is 0 Å². The molecule has 0 aliphatic carbocycles. The zero-order valence-electron chi connectivity index (χ0n) is 13.6. The molecular weight excluding hydrogens is 258 g/mol. The van der Waals surface area contributed by atoms with Crippen LogP contribution in [0.5, 0.6) is 5.75 Å². The van der Waals surface area contributed by atoms with Crippen LogP contribution in [0.25, 0.3) is 0 Å². The SMILES string of the molecule is Cc1ccc(C)c(C(C)NCc2cc(C)c(O)c(C)c2)c1. The van der Waals surface area contributed by atoms with Gasteiger partial charge in [0, 0.05) is 12.6 Å². The summed E-state index contributed by atoms with van der Waals surface area (Å²) in [7, 11) is 0. The Kier molecular flexibility index (Phi) is 4.69. The van der Waals surface area contributed by atoms with E-state index in [0.29, 0.717) is 11.8 Å². The normalized spacial score (nSPS) is 12.4. The van der Waals surface area contributed by atoms with Gasteiger partial charge in [0.25, 0.3) is 0 Å². The van der Waals surface area contributed by atoms with E-state index < -0.39 is 0 Å². The van der Waals surface area contributed by atoms with Crippen molar-refractivity contribution in [3.05, 3.63) is 63.7 Å². The third kappa shape index (κ3) is 3.64. The number of aromatic hydroxyl groups is 1. The highest BCUT2D eigenvalue weighted by molar-refractivity contribution is 5.42. The highest BCUT2D eigenvalue weighted by Crippen LogP contribution is 2.24. The van der Waals surface area contributed by atoms with Gasteiger partial charge in [-0.3, -0.25) is 0 Å². The zero-order chi connectivity index (χ0) is 15.6. The molecule has 2 rings (SSSR count). The molecule has 2 aromatic rings. The summed E-state index contributed by atoms with van der Waals surface area (Å²) < 4.78 is 0. The second-order valence-electron chi connectivity index (χ2n) is 6.04. The van der Waals surface area contributed by atoms with E-state index in [4.69, 9.17) is 0 Å². The van der Waals surface area contributed by atoms with Crippen LogP contribution in [-0.2, 0) is 6.54 Å². The van der Waals surface area contributed by atoms with E-state index in [2.05, 4.69) is 44.3 Å². The molecular formula is C19H25NO. The molecule has 0 aliphatic heterocycles. The number of phenolic OH excluding ortho intramolecular Hbond substituents is 1. The first-order chi connectivity index (χ1) is 9.88. The summed E-state index contributed by atoms with van der Waals surface area (Å²) >= 11 is 0. The van der Waals surface area contributed by atoms with E-state index in [0.717, 1.165) is 17.7 Å². The molecule has 0 fully saturated rings. The predicted octanol–water partition coefficient (Wildman–Crippen LogP) is 4.48. The molecule has 0 amide bonds. The maximum atomic E-state index is 9.83. The zero-order valence-corrected chi connectivity index (χ0v) is 13.6. The van der Waals surface area contributed by atoms with Gasteiger partial charge in [-0.05, 0) is 62.4 Å². The first kappa shape index (κ1) is 15.6. The minimum Gasteiger partial charge on any atom is -0.507 e. The Bertz CT molecular complexity index is 623. The molecule has 2 heteroatoms. The second-order valence-corrected chi connectivity index (χ2v) is 6.04. The van der Waals surface area contributed by atoms with Crippen LogP contribution in [0, 0.1) is 27.7 Å². The Labute approximate surface area is 127 Å². The van der Waals surface area contributed by atoms with Crippen molar-refractivity contribution in [3.8, 4) is 5.75 Å². The molecule has 0 radical (unpaired) electrons. The van der Waals surface area contributed by atoms with Gasteiger partial charge in [0.1, 0.15) is 5.75 Å². The Morgan fingerprint density at radius 3 is 2.19 bits per heavy atom. The Morgan fingerprint density at radius 2 is 1.57 bits per heavy atom. The lowest BCUT2D eigenvalue weighted by Crippen LogP contribution is -2.19. The summed E-state index contributed by atoms with van der Waals surface area (Å²) in [4.78, 5) is 0. The minimum absolute atomic E-state index is 0.305. The van der Waals surface area contributed by atoms with E-state index in [1.54, 1.807) is 0 Å². The number of hydrogen-bond donors (Lipinski definition) is 2. The Hall–Kier alpha value is -1.80. The van der Waals surface area contributed by atoms with Crippen LogP contribution in [-0.4, -0.2) is 5.11 Å². The fourth-order valence-corrected chi connectivity index (χ4v) is 2.75. The smallest absolute Gasteiger partial charge is 0.121 e. The van der Waals surface area contributed by atoms with Crippen molar-refractivity contribution in [3.63, 3.8) is 0 Å². The molecule has 0 aliphatic rings. The molecule has 112 valence electrons. The Morgan fingerprint density at radius 1 is 0.952 bits per heavy atom. The van der Waals surface area contributed by atoms with Gasteiger partial charge in [0.05, 0.1) is 0 Å². The number of nitrogens with one attached hydrogen (secondary N) is 1. The van der Waals surface area contributed by atoms with Gasteiger partial charge in [-0.1, -0.05) is 35.9 Å². The fourth-order valence-electron chi connectivity index (χ4n) is 2.75. The summed E-state index contributed by atoms with van der Waals surface area (Å²) in [5.41, 5.74) is 7.04. The van der Waals surface area contributed by atoms with Gasteiger partial charge in [0.2, 0.25) is 0 Å². The van der Waals surface area contributed by atoms with Crippen molar-refractivity contribution in [1.82, 2.24) is 5.32 Å². The summed E-state index contributed by atoms with van der Waals surface area (Å²) in [6, 6.07) is 11.0. The topological polar surface area (TPSA) is 32.3 Å². The van der Waals surface area contributed by atoms with Crippen LogP contribution in [0.1, 0.15) is 46.3 Å². The number of benzene rings is 2. The van der Waals surface area contributed by atoms with E-state index in [1.807, 2.05) is 26.0 Å². The van der Waals surface area contributed by atoms with E-state index in [-0.39, 0.29) is 0 Å². The van der Waals surface area contributed by atoms with E-state index in [9.17, 15) is 5.11 Å². The van der Waals surface area contributed by atoms with Crippen molar-refractivity contribution in [1.29, 1.82) is 0 Å². The number of rotatable bonds is 4. The molecule has 0 heterocycles. The van der Waals surface area contributed by atoms with Crippen LogP contribution in [0.2, 0.25) is 0 Å². The van der Waals surface area contributed by atoms with Gasteiger partial charge in [-0.25, -0.2) is 0 Å². The molecule has 0 bridgehead atoms. The summed E-state index contributed by atoms with van der Waals surface area (Å²) in [6.45, 7) is 11.2. The van der Waals surface area contributed by atoms with Crippen molar-refractivity contribution in [2.75, 3.05) is 0 Å². The second kappa shape index (κ2) is 6.31. The fraction of sp³-hybridized carbons (Fsp3) is 0.368. The molecule has 2 N–H and O–H groups in total. The van der Waals surface area contributed by atoms with Crippen LogP contribution in [0.15, 0.2) is 30.3 Å². The quantitative estimate of drug-likeness (QED) is 0.867. The molecule has 2 aromatic carbocycles. The maximum Gasteiger partial charge on any atom is 0.121 e. The van der Waals surface area contributed by atoms with Crippen molar-refractivity contribution >= 4 is 0 Å². The average molecular weight is 283 g/mol.